The fourth-order valence-electron chi connectivity index (χ4n) is 2.72. The molecule has 0 atom stereocenters. The molecular formula is C14H19N3O. The lowest BCUT2D eigenvalue weighted by Crippen LogP contribution is -2.31. The Balaban J connectivity index is 1.64. The van der Waals surface area contributed by atoms with Gasteiger partial charge in [0.05, 0.1) is 5.56 Å². The van der Waals surface area contributed by atoms with E-state index in [0.29, 0.717) is 16.8 Å². The maximum atomic E-state index is 12.2. The second kappa shape index (κ2) is 4.26. The number of amides is 1. The monoisotopic (exact) mass is 245 g/mol. The summed E-state index contributed by atoms with van der Waals surface area (Å²) in [6.07, 6.45) is 6.96. The van der Waals surface area contributed by atoms with Crippen molar-refractivity contribution in [2.24, 2.45) is 11.3 Å². The lowest BCUT2D eigenvalue weighted by Gasteiger charge is -2.15. The van der Waals surface area contributed by atoms with Gasteiger partial charge in [-0.05, 0) is 49.1 Å². The van der Waals surface area contributed by atoms with Gasteiger partial charge in [0.15, 0.2) is 0 Å². The average molecular weight is 245 g/mol. The van der Waals surface area contributed by atoms with E-state index < -0.39 is 0 Å². The molecule has 4 nitrogen and oxygen atoms in total. The molecule has 18 heavy (non-hydrogen) atoms. The maximum Gasteiger partial charge on any atom is 0.255 e. The molecule has 2 N–H and O–H groups in total. The van der Waals surface area contributed by atoms with E-state index in [1.165, 1.54) is 25.7 Å². The quantitative estimate of drug-likeness (QED) is 0.834. The first-order valence-electron chi connectivity index (χ1n) is 6.66. The molecule has 2 aliphatic carbocycles. The number of pyridine rings is 1. The van der Waals surface area contributed by atoms with Crippen molar-refractivity contribution in [2.45, 2.75) is 25.7 Å². The van der Waals surface area contributed by atoms with Crippen LogP contribution in [0.5, 0.6) is 0 Å². The summed E-state index contributed by atoms with van der Waals surface area (Å²) in [5.74, 6) is 1.50. The van der Waals surface area contributed by atoms with E-state index in [9.17, 15) is 4.79 Å². The molecule has 0 spiro atoms. The van der Waals surface area contributed by atoms with Gasteiger partial charge in [0.2, 0.25) is 0 Å². The Kier molecular flexibility index (Phi) is 2.73. The van der Waals surface area contributed by atoms with Gasteiger partial charge in [0, 0.05) is 19.8 Å². The third-order valence-electron chi connectivity index (χ3n) is 4.23. The van der Waals surface area contributed by atoms with Crippen LogP contribution in [0.4, 0.5) is 5.82 Å². The Hall–Kier alpha value is -1.58. The van der Waals surface area contributed by atoms with E-state index in [1.54, 1.807) is 19.3 Å². The fourth-order valence-corrected chi connectivity index (χ4v) is 2.72. The van der Waals surface area contributed by atoms with Crippen LogP contribution in [0.3, 0.4) is 0 Å². The minimum absolute atomic E-state index is 0.0145. The fraction of sp³-hybridized carbons (Fsp3) is 0.571. The number of carbonyl (C=O) groups is 1. The summed E-state index contributed by atoms with van der Waals surface area (Å²) < 4.78 is 0. The third kappa shape index (κ3) is 2.07. The predicted molar refractivity (Wildman–Crippen MR) is 70.5 cm³/mol. The second-order valence-electron chi connectivity index (χ2n) is 5.47. The van der Waals surface area contributed by atoms with Crippen LogP contribution in [0.2, 0.25) is 0 Å². The largest absolute Gasteiger partial charge is 0.372 e. The van der Waals surface area contributed by atoms with Crippen molar-refractivity contribution in [1.29, 1.82) is 0 Å². The smallest absolute Gasteiger partial charge is 0.255 e. The zero-order valence-corrected chi connectivity index (χ0v) is 10.7. The van der Waals surface area contributed by atoms with Crippen LogP contribution in [-0.2, 0) is 0 Å². The maximum absolute atomic E-state index is 12.2. The molecule has 96 valence electrons. The number of nitrogens with zero attached hydrogens (tertiary/aromatic N) is 1. The first-order chi connectivity index (χ1) is 8.75. The molecule has 2 saturated carbocycles. The SMILES string of the molecule is CNc1ncccc1C(=O)NCC1(C2CC2)CC1. The molecule has 0 radical (unpaired) electrons. The molecular weight excluding hydrogens is 226 g/mol. The van der Waals surface area contributed by atoms with Crippen molar-refractivity contribution < 1.29 is 4.79 Å². The summed E-state index contributed by atoms with van der Waals surface area (Å²) in [6, 6.07) is 3.61. The van der Waals surface area contributed by atoms with Gasteiger partial charge in [-0.25, -0.2) is 4.98 Å². The molecule has 3 rings (SSSR count). The zero-order valence-electron chi connectivity index (χ0n) is 10.7. The molecule has 1 aromatic heterocycles. The van der Waals surface area contributed by atoms with Gasteiger partial charge in [-0.3, -0.25) is 4.79 Å². The number of carbonyl (C=O) groups excluding carboxylic acids is 1. The summed E-state index contributed by atoms with van der Waals surface area (Å²) in [7, 11) is 1.78. The first kappa shape index (κ1) is 11.5. The molecule has 0 aromatic carbocycles. The van der Waals surface area contributed by atoms with Gasteiger partial charge in [-0.2, -0.15) is 0 Å². The van der Waals surface area contributed by atoms with Crippen LogP contribution in [0, 0.1) is 11.3 Å². The minimum atomic E-state index is -0.0145. The lowest BCUT2D eigenvalue weighted by atomic mass is 10.0. The van der Waals surface area contributed by atoms with Crippen molar-refractivity contribution in [3.05, 3.63) is 23.9 Å². The standard InChI is InChI=1S/C14H19N3O/c1-15-12-11(3-2-8-16-12)13(18)17-9-14(6-7-14)10-4-5-10/h2-3,8,10H,4-7,9H2,1H3,(H,15,16)(H,17,18). The van der Waals surface area contributed by atoms with Gasteiger partial charge in [0.1, 0.15) is 5.82 Å². The number of hydrogen-bond acceptors (Lipinski definition) is 3. The highest BCUT2D eigenvalue weighted by Crippen LogP contribution is 2.60. The molecule has 0 unspecified atom stereocenters. The molecule has 1 aromatic rings. The summed E-state index contributed by atoms with van der Waals surface area (Å²) in [5.41, 5.74) is 1.07. The normalized spacial score (nSPS) is 20.3. The molecule has 2 aliphatic rings. The molecule has 4 heteroatoms. The number of aromatic nitrogens is 1. The lowest BCUT2D eigenvalue weighted by molar-refractivity contribution is 0.0943. The summed E-state index contributed by atoms with van der Waals surface area (Å²) in [6.45, 7) is 0.828. The third-order valence-corrected chi connectivity index (χ3v) is 4.23. The predicted octanol–water partition coefficient (Wildman–Crippen LogP) is 2.04. The van der Waals surface area contributed by atoms with Crippen molar-refractivity contribution in [3.8, 4) is 0 Å². The van der Waals surface area contributed by atoms with Gasteiger partial charge in [0.25, 0.3) is 5.91 Å². The van der Waals surface area contributed by atoms with Crippen molar-refractivity contribution in [1.82, 2.24) is 10.3 Å². The Morgan fingerprint density at radius 3 is 2.89 bits per heavy atom. The highest BCUT2D eigenvalue weighted by molar-refractivity contribution is 5.98. The van der Waals surface area contributed by atoms with E-state index in [4.69, 9.17) is 0 Å². The minimum Gasteiger partial charge on any atom is -0.372 e. The number of rotatable bonds is 5. The van der Waals surface area contributed by atoms with Gasteiger partial charge in [-0.1, -0.05) is 0 Å². The van der Waals surface area contributed by atoms with Crippen molar-refractivity contribution in [3.63, 3.8) is 0 Å². The van der Waals surface area contributed by atoms with E-state index >= 15 is 0 Å². The van der Waals surface area contributed by atoms with Crippen LogP contribution in [-0.4, -0.2) is 24.5 Å². The molecule has 1 amide bonds. The Morgan fingerprint density at radius 2 is 2.28 bits per heavy atom. The molecule has 2 fully saturated rings. The highest BCUT2D eigenvalue weighted by atomic mass is 16.1. The van der Waals surface area contributed by atoms with Crippen molar-refractivity contribution in [2.75, 3.05) is 18.9 Å². The average Bonchev–Trinajstić information content (AvgIpc) is 3.28. The number of anilines is 1. The Bertz CT molecular complexity index is 464. The van der Waals surface area contributed by atoms with Crippen LogP contribution < -0.4 is 10.6 Å². The van der Waals surface area contributed by atoms with Crippen LogP contribution in [0.15, 0.2) is 18.3 Å². The van der Waals surface area contributed by atoms with Crippen LogP contribution >= 0.6 is 0 Å². The van der Waals surface area contributed by atoms with Crippen molar-refractivity contribution >= 4 is 11.7 Å². The first-order valence-corrected chi connectivity index (χ1v) is 6.66. The Labute approximate surface area is 107 Å². The summed E-state index contributed by atoms with van der Waals surface area (Å²) in [4.78, 5) is 16.3. The van der Waals surface area contributed by atoms with Gasteiger partial charge >= 0.3 is 0 Å². The van der Waals surface area contributed by atoms with Gasteiger partial charge < -0.3 is 10.6 Å². The zero-order chi connectivity index (χ0) is 12.6. The highest BCUT2D eigenvalue weighted by Gasteiger charge is 2.53. The molecule has 0 saturated heterocycles. The van der Waals surface area contributed by atoms with E-state index in [2.05, 4.69) is 15.6 Å². The van der Waals surface area contributed by atoms with E-state index in [-0.39, 0.29) is 5.91 Å². The topological polar surface area (TPSA) is 54.0 Å². The van der Waals surface area contributed by atoms with E-state index in [1.807, 2.05) is 6.07 Å². The molecule has 0 bridgehead atoms. The van der Waals surface area contributed by atoms with Crippen LogP contribution in [0.25, 0.3) is 0 Å². The molecule has 1 heterocycles. The number of hydrogen-bond donors (Lipinski definition) is 2. The summed E-state index contributed by atoms with van der Waals surface area (Å²) in [5, 5.41) is 6.03. The summed E-state index contributed by atoms with van der Waals surface area (Å²) >= 11 is 0. The Morgan fingerprint density at radius 1 is 1.50 bits per heavy atom. The molecule has 0 aliphatic heterocycles. The van der Waals surface area contributed by atoms with Gasteiger partial charge in [-0.15, -0.1) is 0 Å². The number of nitrogens with one attached hydrogen (secondary N) is 2. The van der Waals surface area contributed by atoms with Crippen LogP contribution in [0.1, 0.15) is 36.0 Å². The second-order valence-corrected chi connectivity index (χ2v) is 5.47. The van der Waals surface area contributed by atoms with E-state index in [0.717, 1.165) is 12.5 Å².